The molecule has 1 heterocycles. The van der Waals surface area contributed by atoms with Crippen molar-refractivity contribution in [3.05, 3.63) is 60.2 Å². The SMILES string of the molecule is CC(C)[C@@H](NC(=O)Nc1ccccc1)C(=O)O[C@@H](C)C(=O)N1CCc2ccccc21. The van der Waals surface area contributed by atoms with Crippen molar-refractivity contribution >= 4 is 29.3 Å². The highest BCUT2D eigenvalue weighted by molar-refractivity contribution is 5.99. The third kappa shape index (κ3) is 4.97. The average Bonchev–Trinajstić information content (AvgIpc) is 3.16. The van der Waals surface area contributed by atoms with Gasteiger partial charge in [-0.2, -0.15) is 0 Å². The Kier molecular flexibility index (Phi) is 6.72. The molecule has 2 N–H and O–H groups in total. The number of hydrogen-bond acceptors (Lipinski definition) is 4. The summed E-state index contributed by atoms with van der Waals surface area (Å²) in [6, 6.07) is 15.2. The second kappa shape index (κ2) is 9.43. The number of rotatable bonds is 6. The van der Waals surface area contributed by atoms with E-state index in [4.69, 9.17) is 4.74 Å². The fourth-order valence-electron chi connectivity index (χ4n) is 3.41. The molecule has 7 nitrogen and oxygen atoms in total. The number of benzene rings is 2. The lowest BCUT2D eigenvalue weighted by Gasteiger charge is -2.25. The van der Waals surface area contributed by atoms with Crippen LogP contribution in [0, 0.1) is 5.92 Å². The summed E-state index contributed by atoms with van der Waals surface area (Å²) in [5.41, 5.74) is 2.57. The number of ether oxygens (including phenoxy) is 1. The highest BCUT2D eigenvalue weighted by Crippen LogP contribution is 2.28. The summed E-state index contributed by atoms with van der Waals surface area (Å²) < 4.78 is 5.44. The number of fused-ring (bicyclic) bond motifs is 1. The highest BCUT2D eigenvalue weighted by atomic mass is 16.5. The van der Waals surface area contributed by atoms with Crippen LogP contribution in [0.15, 0.2) is 54.6 Å². The minimum atomic E-state index is -0.955. The maximum absolute atomic E-state index is 12.8. The molecule has 1 aliphatic heterocycles. The van der Waals surface area contributed by atoms with Gasteiger partial charge in [-0.05, 0) is 43.0 Å². The van der Waals surface area contributed by atoms with Crippen LogP contribution >= 0.6 is 0 Å². The van der Waals surface area contributed by atoms with Crippen molar-refractivity contribution in [3.63, 3.8) is 0 Å². The summed E-state index contributed by atoms with van der Waals surface area (Å²) in [6.45, 7) is 5.73. The van der Waals surface area contributed by atoms with E-state index in [2.05, 4.69) is 10.6 Å². The number of amides is 3. The van der Waals surface area contributed by atoms with Gasteiger partial charge in [0.05, 0.1) is 0 Å². The van der Waals surface area contributed by atoms with Gasteiger partial charge in [-0.25, -0.2) is 9.59 Å². The fraction of sp³-hybridized carbons (Fsp3) is 0.348. The van der Waals surface area contributed by atoms with Gasteiger partial charge >= 0.3 is 12.0 Å². The van der Waals surface area contributed by atoms with Gasteiger partial charge < -0.3 is 20.3 Å². The van der Waals surface area contributed by atoms with Crippen LogP contribution in [0.1, 0.15) is 26.3 Å². The molecule has 0 aromatic heterocycles. The number of esters is 1. The molecule has 0 radical (unpaired) electrons. The summed E-state index contributed by atoms with van der Waals surface area (Å²) in [5, 5.41) is 5.33. The lowest BCUT2D eigenvalue weighted by molar-refractivity contribution is -0.156. The number of para-hydroxylation sites is 2. The van der Waals surface area contributed by atoms with Crippen LogP contribution in [0.25, 0.3) is 0 Å². The standard InChI is InChI=1S/C23H27N3O4/c1-15(2)20(25-23(29)24-18-10-5-4-6-11-18)22(28)30-16(3)21(27)26-14-13-17-9-7-8-12-19(17)26/h4-12,15-16,20H,13-14H2,1-3H3,(H2,24,25,29)/t16-,20+/m0/s1. The van der Waals surface area contributed by atoms with Crippen LogP contribution in [-0.2, 0) is 20.7 Å². The van der Waals surface area contributed by atoms with Crippen LogP contribution in [0.2, 0.25) is 0 Å². The van der Waals surface area contributed by atoms with Crippen molar-refractivity contribution in [2.45, 2.75) is 39.3 Å². The van der Waals surface area contributed by atoms with E-state index in [1.807, 2.05) is 30.3 Å². The maximum atomic E-state index is 12.8. The first-order chi connectivity index (χ1) is 14.4. The van der Waals surface area contributed by atoms with Gasteiger partial charge in [0.15, 0.2) is 6.10 Å². The summed E-state index contributed by atoms with van der Waals surface area (Å²) in [6.07, 6.45) is -0.179. The van der Waals surface area contributed by atoms with Gasteiger partial charge in [0.25, 0.3) is 5.91 Å². The molecule has 2 aromatic carbocycles. The first kappa shape index (κ1) is 21.4. The molecule has 2 aromatic rings. The van der Waals surface area contributed by atoms with Crippen molar-refractivity contribution in [1.29, 1.82) is 0 Å². The molecule has 0 aliphatic carbocycles. The molecule has 30 heavy (non-hydrogen) atoms. The Morgan fingerprint density at radius 2 is 1.63 bits per heavy atom. The van der Waals surface area contributed by atoms with E-state index in [0.29, 0.717) is 12.2 Å². The number of hydrogen-bond donors (Lipinski definition) is 2. The van der Waals surface area contributed by atoms with Crippen molar-refractivity contribution in [2.75, 3.05) is 16.8 Å². The number of carbonyl (C=O) groups is 3. The molecule has 0 spiro atoms. The molecule has 158 valence electrons. The summed E-state index contributed by atoms with van der Waals surface area (Å²) in [4.78, 5) is 39.5. The van der Waals surface area contributed by atoms with E-state index in [1.54, 1.807) is 49.9 Å². The third-order valence-electron chi connectivity index (χ3n) is 5.03. The molecule has 3 amide bonds. The van der Waals surface area contributed by atoms with Crippen LogP contribution in [0.5, 0.6) is 0 Å². The Hall–Kier alpha value is -3.35. The fourth-order valence-corrected chi connectivity index (χ4v) is 3.41. The number of anilines is 2. The Labute approximate surface area is 176 Å². The second-order valence-corrected chi connectivity index (χ2v) is 7.63. The van der Waals surface area contributed by atoms with Crippen molar-refractivity contribution < 1.29 is 19.1 Å². The first-order valence-electron chi connectivity index (χ1n) is 10.1. The van der Waals surface area contributed by atoms with Gasteiger partial charge in [0.1, 0.15) is 6.04 Å². The van der Waals surface area contributed by atoms with E-state index in [-0.39, 0.29) is 11.8 Å². The maximum Gasteiger partial charge on any atom is 0.329 e. The third-order valence-corrected chi connectivity index (χ3v) is 5.03. The van der Waals surface area contributed by atoms with Gasteiger partial charge in [0.2, 0.25) is 0 Å². The lowest BCUT2D eigenvalue weighted by Crippen LogP contribution is -2.49. The second-order valence-electron chi connectivity index (χ2n) is 7.63. The molecule has 3 rings (SSSR count). The molecular formula is C23H27N3O4. The molecule has 0 unspecified atom stereocenters. The average molecular weight is 409 g/mol. The molecule has 7 heteroatoms. The first-order valence-corrected chi connectivity index (χ1v) is 10.1. The molecule has 1 aliphatic rings. The van der Waals surface area contributed by atoms with E-state index >= 15 is 0 Å². The zero-order chi connectivity index (χ0) is 21.7. The molecule has 0 bridgehead atoms. The van der Waals surface area contributed by atoms with E-state index in [0.717, 1.165) is 17.7 Å². The predicted octanol–water partition coefficient (Wildman–Crippen LogP) is 3.35. The molecule has 0 saturated heterocycles. The van der Waals surface area contributed by atoms with Crippen molar-refractivity contribution in [2.24, 2.45) is 5.92 Å². The molecule has 0 saturated carbocycles. The van der Waals surface area contributed by atoms with Gasteiger partial charge in [-0.15, -0.1) is 0 Å². The Morgan fingerprint density at radius 1 is 0.967 bits per heavy atom. The monoisotopic (exact) mass is 409 g/mol. The van der Waals surface area contributed by atoms with Gasteiger partial charge in [0, 0.05) is 17.9 Å². The Balaban J connectivity index is 1.60. The van der Waals surface area contributed by atoms with E-state index < -0.39 is 24.1 Å². The van der Waals surface area contributed by atoms with Crippen LogP contribution in [0.3, 0.4) is 0 Å². The zero-order valence-electron chi connectivity index (χ0n) is 17.4. The number of urea groups is 1. The number of carbonyl (C=O) groups excluding carboxylic acids is 3. The van der Waals surface area contributed by atoms with Crippen LogP contribution < -0.4 is 15.5 Å². The summed E-state index contributed by atoms with van der Waals surface area (Å²) >= 11 is 0. The topological polar surface area (TPSA) is 87.7 Å². The van der Waals surface area contributed by atoms with Crippen LogP contribution in [-0.4, -0.2) is 36.6 Å². The lowest BCUT2D eigenvalue weighted by atomic mass is 10.0. The van der Waals surface area contributed by atoms with Gasteiger partial charge in [-0.1, -0.05) is 50.2 Å². The molecule has 0 fully saturated rings. The number of nitrogens with zero attached hydrogens (tertiary/aromatic N) is 1. The Morgan fingerprint density at radius 3 is 2.33 bits per heavy atom. The van der Waals surface area contributed by atoms with E-state index in [9.17, 15) is 14.4 Å². The van der Waals surface area contributed by atoms with E-state index in [1.165, 1.54) is 0 Å². The minimum Gasteiger partial charge on any atom is -0.451 e. The normalized spacial score (nSPS) is 14.6. The van der Waals surface area contributed by atoms with Gasteiger partial charge in [-0.3, -0.25) is 4.79 Å². The van der Waals surface area contributed by atoms with Crippen LogP contribution in [0.4, 0.5) is 16.2 Å². The summed E-state index contributed by atoms with van der Waals surface area (Å²) in [7, 11) is 0. The smallest absolute Gasteiger partial charge is 0.329 e. The quantitative estimate of drug-likeness (QED) is 0.716. The van der Waals surface area contributed by atoms with Crippen molar-refractivity contribution in [1.82, 2.24) is 5.32 Å². The summed E-state index contributed by atoms with van der Waals surface area (Å²) in [5.74, 6) is -1.13. The predicted molar refractivity (Wildman–Crippen MR) is 115 cm³/mol. The zero-order valence-corrected chi connectivity index (χ0v) is 17.4. The highest BCUT2D eigenvalue weighted by Gasteiger charge is 2.33. The number of nitrogens with one attached hydrogen (secondary N) is 2. The molecular weight excluding hydrogens is 382 g/mol. The Bertz CT molecular complexity index is 914. The molecule has 2 atom stereocenters. The minimum absolute atomic E-state index is 0.214. The largest absolute Gasteiger partial charge is 0.451 e. The van der Waals surface area contributed by atoms with Crippen molar-refractivity contribution in [3.8, 4) is 0 Å².